The number of amides is 1. The Labute approximate surface area is 170 Å². The van der Waals surface area contributed by atoms with Gasteiger partial charge in [0.1, 0.15) is 5.82 Å². The molecule has 1 heterocycles. The summed E-state index contributed by atoms with van der Waals surface area (Å²) in [6, 6.07) is 13.2. The summed E-state index contributed by atoms with van der Waals surface area (Å²) in [5, 5.41) is 0. The second-order valence-electron chi connectivity index (χ2n) is 7.28. The molecule has 29 heavy (non-hydrogen) atoms. The number of piperidine rings is 1. The maximum Gasteiger partial charge on any atom is 0.409 e. The van der Waals surface area contributed by atoms with Crippen LogP contribution in [0, 0.1) is 5.82 Å². The Kier molecular flexibility index (Phi) is 6.54. The van der Waals surface area contributed by atoms with Crippen molar-refractivity contribution in [1.82, 2.24) is 9.62 Å². The Morgan fingerprint density at radius 1 is 1.21 bits per heavy atom. The first-order valence-electron chi connectivity index (χ1n) is 9.43. The molecule has 6 nitrogen and oxygen atoms in total. The first kappa shape index (κ1) is 21.3. The molecule has 3 rings (SSSR count). The normalized spacial score (nSPS) is 19.8. The van der Waals surface area contributed by atoms with Gasteiger partial charge < -0.3 is 9.64 Å². The number of carbonyl (C=O) groups excluding carboxylic acids is 1. The van der Waals surface area contributed by atoms with Crippen molar-refractivity contribution < 1.29 is 22.3 Å². The van der Waals surface area contributed by atoms with Crippen LogP contribution in [0.3, 0.4) is 0 Å². The van der Waals surface area contributed by atoms with Crippen LogP contribution in [-0.2, 0) is 21.2 Å². The summed E-state index contributed by atoms with van der Waals surface area (Å²) in [6.45, 7) is 0.503. The molecule has 8 heteroatoms. The first-order chi connectivity index (χ1) is 13.8. The Morgan fingerprint density at radius 2 is 1.90 bits per heavy atom. The molecule has 0 spiro atoms. The van der Waals surface area contributed by atoms with E-state index in [-0.39, 0.29) is 11.9 Å². The van der Waals surface area contributed by atoms with Gasteiger partial charge in [-0.25, -0.2) is 22.3 Å². The minimum absolute atomic E-state index is 0.311. The molecule has 1 amide bonds. The summed E-state index contributed by atoms with van der Waals surface area (Å²) in [5.41, 5.74) is 2.54. The van der Waals surface area contributed by atoms with Crippen LogP contribution < -0.4 is 4.72 Å². The minimum Gasteiger partial charge on any atom is -0.453 e. The van der Waals surface area contributed by atoms with E-state index in [9.17, 15) is 17.6 Å². The quantitative estimate of drug-likeness (QED) is 0.806. The van der Waals surface area contributed by atoms with Crippen molar-refractivity contribution in [2.75, 3.05) is 19.9 Å². The monoisotopic (exact) mass is 420 g/mol. The highest BCUT2D eigenvalue weighted by atomic mass is 32.2. The van der Waals surface area contributed by atoms with Crippen LogP contribution in [0.2, 0.25) is 0 Å². The molecular formula is C21H25FN2O4S. The largest absolute Gasteiger partial charge is 0.453 e. The average Bonchev–Trinajstić information content (AvgIpc) is 2.68. The number of sulfonamides is 1. The van der Waals surface area contributed by atoms with Crippen molar-refractivity contribution in [3.05, 3.63) is 59.9 Å². The van der Waals surface area contributed by atoms with E-state index >= 15 is 0 Å². The number of ether oxygens (including phenoxy) is 1. The molecule has 1 aliphatic heterocycles. The summed E-state index contributed by atoms with van der Waals surface area (Å²) in [6.07, 6.45) is 2.41. The van der Waals surface area contributed by atoms with Gasteiger partial charge in [-0.1, -0.05) is 36.4 Å². The predicted octanol–water partition coefficient (Wildman–Crippen LogP) is 3.18. The maximum absolute atomic E-state index is 13.6. The second-order valence-corrected chi connectivity index (χ2v) is 9.06. The molecule has 1 saturated heterocycles. The van der Waals surface area contributed by atoms with Crippen molar-refractivity contribution in [3.63, 3.8) is 0 Å². The Bertz CT molecular complexity index is 980. The third-order valence-electron chi connectivity index (χ3n) is 5.08. The van der Waals surface area contributed by atoms with E-state index in [1.165, 1.54) is 19.2 Å². The smallest absolute Gasteiger partial charge is 0.409 e. The maximum atomic E-state index is 13.6. The highest BCUT2D eigenvalue weighted by Gasteiger charge is 2.36. The molecule has 156 valence electrons. The molecule has 0 bridgehead atoms. The molecule has 2 aromatic carbocycles. The van der Waals surface area contributed by atoms with Crippen LogP contribution in [0.5, 0.6) is 0 Å². The van der Waals surface area contributed by atoms with Crippen molar-refractivity contribution in [2.24, 2.45) is 0 Å². The van der Waals surface area contributed by atoms with Gasteiger partial charge in [-0.05, 0) is 48.1 Å². The molecule has 1 N–H and O–H groups in total. The number of carbonyl (C=O) groups is 1. The highest BCUT2D eigenvalue weighted by molar-refractivity contribution is 7.88. The van der Waals surface area contributed by atoms with Crippen LogP contribution in [0.1, 0.15) is 18.4 Å². The van der Waals surface area contributed by atoms with Crippen LogP contribution in [0.25, 0.3) is 11.1 Å². The number of halogens is 1. The van der Waals surface area contributed by atoms with E-state index in [1.807, 2.05) is 30.3 Å². The minimum atomic E-state index is -3.43. The number of benzene rings is 2. The number of methoxy groups -OCH3 is 1. The zero-order chi connectivity index (χ0) is 21.0. The van der Waals surface area contributed by atoms with Gasteiger partial charge in [0.05, 0.1) is 19.4 Å². The first-order valence-corrected chi connectivity index (χ1v) is 11.3. The lowest BCUT2D eigenvalue weighted by atomic mass is 9.90. The van der Waals surface area contributed by atoms with Crippen LogP contribution in [0.4, 0.5) is 9.18 Å². The summed E-state index contributed by atoms with van der Waals surface area (Å²) >= 11 is 0. The van der Waals surface area contributed by atoms with Gasteiger partial charge in [0.25, 0.3) is 0 Å². The molecule has 0 radical (unpaired) electrons. The summed E-state index contributed by atoms with van der Waals surface area (Å²) < 4.78 is 44.8. The average molecular weight is 421 g/mol. The fraction of sp³-hybridized carbons (Fsp3) is 0.381. The summed E-state index contributed by atoms with van der Waals surface area (Å²) in [5.74, 6) is -0.311. The zero-order valence-electron chi connectivity index (χ0n) is 16.5. The van der Waals surface area contributed by atoms with Gasteiger partial charge >= 0.3 is 6.09 Å². The number of likely N-dealkylation sites (tertiary alicyclic amines) is 1. The molecular weight excluding hydrogens is 395 g/mol. The molecule has 0 unspecified atom stereocenters. The molecule has 1 fully saturated rings. The lowest BCUT2D eigenvalue weighted by molar-refractivity contribution is 0.0792. The van der Waals surface area contributed by atoms with Crippen LogP contribution >= 0.6 is 0 Å². The third kappa shape index (κ3) is 5.55. The van der Waals surface area contributed by atoms with Crippen molar-refractivity contribution >= 4 is 16.1 Å². The van der Waals surface area contributed by atoms with Gasteiger partial charge in [0.2, 0.25) is 10.0 Å². The van der Waals surface area contributed by atoms with Crippen LogP contribution in [0.15, 0.2) is 48.5 Å². The van der Waals surface area contributed by atoms with Gasteiger partial charge in [-0.3, -0.25) is 0 Å². The van der Waals surface area contributed by atoms with Gasteiger partial charge in [0.15, 0.2) is 0 Å². The SMILES string of the molecule is COC(=O)N1CCC[C@H](NS(C)(=O)=O)[C@@H]1Cc1cccc(-c2cccc(F)c2)c1. The molecule has 0 saturated carbocycles. The van der Waals surface area contributed by atoms with E-state index in [0.29, 0.717) is 25.8 Å². The summed E-state index contributed by atoms with van der Waals surface area (Å²) in [7, 11) is -2.11. The van der Waals surface area contributed by atoms with E-state index in [1.54, 1.807) is 11.0 Å². The van der Waals surface area contributed by atoms with E-state index in [2.05, 4.69) is 4.72 Å². The zero-order valence-corrected chi connectivity index (χ0v) is 17.3. The lowest BCUT2D eigenvalue weighted by Crippen LogP contribution is -2.57. The number of rotatable bonds is 5. The van der Waals surface area contributed by atoms with E-state index in [0.717, 1.165) is 22.9 Å². The number of hydrogen-bond acceptors (Lipinski definition) is 4. The van der Waals surface area contributed by atoms with E-state index in [4.69, 9.17) is 4.74 Å². The molecule has 1 aliphatic rings. The van der Waals surface area contributed by atoms with Crippen molar-refractivity contribution in [2.45, 2.75) is 31.3 Å². The molecule has 0 aromatic heterocycles. The Hall–Kier alpha value is -2.45. The number of nitrogens with one attached hydrogen (secondary N) is 1. The van der Waals surface area contributed by atoms with Crippen molar-refractivity contribution in [3.8, 4) is 11.1 Å². The summed E-state index contributed by atoms with van der Waals surface area (Å²) in [4.78, 5) is 13.9. The topological polar surface area (TPSA) is 75.7 Å². The van der Waals surface area contributed by atoms with Crippen molar-refractivity contribution in [1.29, 1.82) is 0 Å². The van der Waals surface area contributed by atoms with E-state index < -0.39 is 22.2 Å². The van der Waals surface area contributed by atoms with Gasteiger partial charge in [-0.2, -0.15) is 0 Å². The van der Waals surface area contributed by atoms with Crippen LogP contribution in [-0.4, -0.2) is 51.4 Å². The third-order valence-corrected chi connectivity index (χ3v) is 5.81. The second kappa shape index (κ2) is 8.92. The van der Waals surface area contributed by atoms with Gasteiger partial charge in [-0.15, -0.1) is 0 Å². The predicted molar refractivity (Wildman–Crippen MR) is 109 cm³/mol. The number of hydrogen-bond donors (Lipinski definition) is 1. The lowest BCUT2D eigenvalue weighted by Gasteiger charge is -2.40. The Morgan fingerprint density at radius 3 is 2.55 bits per heavy atom. The number of nitrogens with zero attached hydrogens (tertiary/aromatic N) is 1. The van der Waals surface area contributed by atoms with Gasteiger partial charge in [0, 0.05) is 12.6 Å². The molecule has 2 atom stereocenters. The standard InChI is InChI=1S/C21H25FN2O4S/c1-28-21(25)24-11-5-10-19(23-29(2,26)27)20(24)13-15-6-3-7-16(12-15)17-8-4-9-18(22)14-17/h3-4,6-9,12,14,19-20,23H,5,10-11,13H2,1-2H3/t19-,20-/m0/s1. The molecule has 0 aliphatic carbocycles. The highest BCUT2D eigenvalue weighted by Crippen LogP contribution is 2.26. The Balaban J connectivity index is 1.90. The molecule has 2 aromatic rings. The fourth-order valence-corrected chi connectivity index (χ4v) is 4.68. The fourth-order valence-electron chi connectivity index (χ4n) is 3.85.